The van der Waals surface area contributed by atoms with E-state index >= 15 is 0 Å². The van der Waals surface area contributed by atoms with Crippen LogP contribution < -0.4 is 5.73 Å². The van der Waals surface area contributed by atoms with Crippen molar-refractivity contribution >= 4 is 5.78 Å². The van der Waals surface area contributed by atoms with Crippen LogP contribution in [0.1, 0.15) is 66.8 Å². The fourth-order valence-electron chi connectivity index (χ4n) is 2.96. The molecule has 0 radical (unpaired) electrons. The third-order valence-electron chi connectivity index (χ3n) is 3.93. The Bertz CT molecular complexity index is 392. The summed E-state index contributed by atoms with van der Waals surface area (Å²) in [6.07, 6.45) is 8.20. The second-order valence-corrected chi connectivity index (χ2v) is 5.24. The number of Topliss-reactive ketones (excluding diaryl/α,β-unsaturated/α-hetero) is 1. The predicted molar refractivity (Wildman–Crippen MR) is 74.9 cm³/mol. The molecule has 1 aromatic rings. The molecule has 2 heteroatoms. The normalized spacial score (nSPS) is 17.4. The summed E-state index contributed by atoms with van der Waals surface area (Å²) in [4.78, 5) is 12.1. The molecular weight excluding hydrogens is 222 g/mol. The van der Waals surface area contributed by atoms with E-state index < -0.39 is 0 Å². The Kier molecular flexibility index (Phi) is 4.94. The Labute approximate surface area is 110 Å². The molecule has 0 atom stereocenters. The summed E-state index contributed by atoms with van der Waals surface area (Å²) in [6.45, 7) is 0.442. The predicted octanol–water partition coefficient (Wildman–Crippen LogP) is 3.66. The van der Waals surface area contributed by atoms with Crippen LogP contribution in [0.25, 0.3) is 0 Å². The van der Waals surface area contributed by atoms with Crippen molar-refractivity contribution in [2.24, 2.45) is 5.73 Å². The average molecular weight is 245 g/mol. The van der Waals surface area contributed by atoms with Crippen LogP contribution in [-0.4, -0.2) is 12.3 Å². The smallest absolute Gasteiger partial charge is 0.164 e. The van der Waals surface area contributed by atoms with Gasteiger partial charge in [-0.3, -0.25) is 4.79 Å². The van der Waals surface area contributed by atoms with Crippen molar-refractivity contribution in [1.29, 1.82) is 0 Å². The maximum Gasteiger partial charge on any atom is 0.164 e. The summed E-state index contributed by atoms with van der Waals surface area (Å²) in [6, 6.07) is 8.13. The van der Waals surface area contributed by atoms with Gasteiger partial charge in [-0.05, 0) is 30.9 Å². The van der Waals surface area contributed by atoms with E-state index in [2.05, 4.69) is 12.1 Å². The molecule has 0 heterocycles. The van der Waals surface area contributed by atoms with E-state index in [4.69, 9.17) is 5.73 Å². The van der Waals surface area contributed by atoms with Crippen LogP contribution in [0.5, 0.6) is 0 Å². The van der Waals surface area contributed by atoms with E-state index in [1.165, 1.54) is 44.1 Å². The molecule has 2 nitrogen and oxygen atoms in total. The number of nitrogens with two attached hydrogens (primary N) is 1. The lowest BCUT2D eigenvalue weighted by Gasteiger charge is -2.18. The minimum atomic E-state index is 0.206. The van der Waals surface area contributed by atoms with Crippen molar-refractivity contribution < 1.29 is 4.79 Å². The topological polar surface area (TPSA) is 43.1 Å². The molecule has 1 aliphatic carbocycles. The van der Waals surface area contributed by atoms with Crippen molar-refractivity contribution in [2.45, 2.75) is 50.9 Å². The number of rotatable bonds is 4. The first-order chi connectivity index (χ1) is 8.83. The average Bonchev–Trinajstić information content (AvgIpc) is 2.68. The lowest BCUT2D eigenvalue weighted by molar-refractivity contribution is 0.0984. The van der Waals surface area contributed by atoms with Gasteiger partial charge >= 0.3 is 0 Å². The van der Waals surface area contributed by atoms with Crippen LogP contribution in [0, 0.1) is 0 Å². The fourth-order valence-corrected chi connectivity index (χ4v) is 2.96. The van der Waals surface area contributed by atoms with Gasteiger partial charge in [0.05, 0.1) is 0 Å². The van der Waals surface area contributed by atoms with Crippen molar-refractivity contribution in [1.82, 2.24) is 0 Å². The van der Waals surface area contributed by atoms with Gasteiger partial charge in [0.2, 0.25) is 0 Å². The second kappa shape index (κ2) is 6.69. The van der Waals surface area contributed by atoms with Gasteiger partial charge in [0, 0.05) is 12.0 Å². The monoisotopic (exact) mass is 245 g/mol. The van der Waals surface area contributed by atoms with Crippen LogP contribution in [0.15, 0.2) is 24.3 Å². The molecule has 1 saturated carbocycles. The Balaban J connectivity index is 2.22. The highest BCUT2D eigenvalue weighted by atomic mass is 16.1. The Hall–Kier alpha value is -1.15. The van der Waals surface area contributed by atoms with Crippen LogP contribution in [0.2, 0.25) is 0 Å². The number of carbonyl (C=O) groups is 1. The lowest BCUT2D eigenvalue weighted by Crippen LogP contribution is -2.12. The van der Waals surface area contributed by atoms with Crippen LogP contribution in [0.3, 0.4) is 0 Å². The molecule has 0 bridgehead atoms. The standard InChI is InChI=1S/C16H23NO/c17-12-11-16(18)15-10-6-5-9-14(15)13-7-3-1-2-4-8-13/h5-6,9-10,13H,1-4,7-8,11-12,17H2. The zero-order valence-electron chi connectivity index (χ0n) is 11.0. The molecular formula is C16H23NO. The first-order valence-corrected chi connectivity index (χ1v) is 7.15. The van der Waals surface area contributed by atoms with Gasteiger partial charge in [0.15, 0.2) is 5.78 Å². The van der Waals surface area contributed by atoms with Crippen LogP contribution in [0.4, 0.5) is 0 Å². The highest BCUT2D eigenvalue weighted by molar-refractivity contribution is 5.97. The highest BCUT2D eigenvalue weighted by Gasteiger charge is 2.19. The Morgan fingerprint density at radius 1 is 1.11 bits per heavy atom. The second-order valence-electron chi connectivity index (χ2n) is 5.24. The quantitative estimate of drug-likeness (QED) is 0.650. The zero-order chi connectivity index (χ0) is 12.8. The van der Waals surface area contributed by atoms with Gasteiger partial charge in [0.25, 0.3) is 0 Å². The van der Waals surface area contributed by atoms with E-state index in [0.29, 0.717) is 18.9 Å². The van der Waals surface area contributed by atoms with Crippen molar-refractivity contribution in [3.8, 4) is 0 Å². The third kappa shape index (κ3) is 3.20. The zero-order valence-corrected chi connectivity index (χ0v) is 11.0. The minimum Gasteiger partial charge on any atom is -0.330 e. The SMILES string of the molecule is NCCC(=O)c1ccccc1C1CCCCCC1. The van der Waals surface area contributed by atoms with Crippen molar-refractivity contribution in [3.05, 3.63) is 35.4 Å². The molecule has 1 aromatic carbocycles. The minimum absolute atomic E-state index is 0.206. The number of carbonyl (C=O) groups excluding carboxylic acids is 1. The number of hydrogen-bond acceptors (Lipinski definition) is 2. The van der Waals surface area contributed by atoms with Gasteiger partial charge in [-0.2, -0.15) is 0 Å². The molecule has 2 rings (SSSR count). The summed E-state index contributed by atoms with van der Waals surface area (Å²) in [7, 11) is 0. The molecule has 0 aliphatic heterocycles. The Morgan fingerprint density at radius 3 is 2.44 bits per heavy atom. The molecule has 0 saturated heterocycles. The summed E-state index contributed by atoms with van der Waals surface area (Å²) in [5.41, 5.74) is 7.67. The van der Waals surface area contributed by atoms with Gasteiger partial charge in [0.1, 0.15) is 0 Å². The summed E-state index contributed by atoms with van der Waals surface area (Å²) >= 11 is 0. The highest BCUT2D eigenvalue weighted by Crippen LogP contribution is 2.33. The molecule has 0 aromatic heterocycles. The first kappa shape index (κ1) is 13.3. The number of hydrogen-bond donors (Lipinski definition) is 1. The molecule has 0 spiro atoms. The van der Waals surface area contributed by atoms with E-state index in [1.54, 1.807) is 0 Å². The molecule has 2 N–H and O–H groups in total. The summed E-state index contributed by atoms with van der Waals surface area (Å²) in [5.74, 6) is 0.780. The first-order valence-electron chi connectivity index (χ1n) is 7.15. The maximum atomic E-state index is 12.1. The van der Waals surface area contributed by atoms with E-state index in [9.17, 15) is 4.79 Å². The van der Waals surface area contributed by atoms with Crippen LogP contribution >= 0.6 is 0 Å². The molecule has 98 valence electrons. The molecule has 1 aliphatic rings. The molecule has 18 heavy (non-hydrogen) atoms. The third-order valence-corrected chi connectivity index (χ3v) is 3.93. The maximum absolute atomic E-state index is 12.1. The van der Waals surface area contributed by atoms with Gasteiger partial charge in [-0.25, -0.2) is 0 Å². The molecule has 1 fully saturated rings. The van der Waals surface area contributed by atoms with Crippen molar-refractivity contribution in [3.63, 3.8) is 0 Å². The van der Waals surface area contributed by atoms with Crippen molar-refractivity contribution in [2.75, 3.05) is 6.54 Å². The number of ketones is 1. The van der Waals surface area contributed by atoms with E-state index in [0.717, 1.165) is 5.56 Å². The molecule has 0 unspecified atom stereocenters. The van der Waals surface area contributed by atoms with Gasteiger partial charge < -0.3 is 5.73 Å². The Morgan fingerprint density at radius 2 is 1.78 bits per heavy atom. The van der Waals surface area contributed by atoms with Crippen LogP contribution in [-0.2, 0) is 0 Å². The van der Waals surface area contributed by atoms with E-state index in [1.807, 2.05) is 12.1 Å². The number of benzene rings is 1. The summed E-state index contributed by atoms with van der Waals surface area (Å²) in [5, 5.41) is 0. The lowest BCUT2D eigenvalue weighted by atomic mass is 9.86. The van der Waals surface area contributed by atoms with Gasteiger partial charge in [-0.1, -0.05) is 49.9 Å². The molecule has 0 amide bonds. The largest absolute Gasteiger partial charge is 0.330 e. The fraction of sp³-hybridized carbons (Fsp3) is 0.562. The van der Waals surface area contributed by atoms with E-state index in [-0.39, 0.29) is 5.78 Å². The summed E-state index contributed by atoms with van der Waals surface area (Å²) < 4.78 is 0. The van der Waals surface area contributed by atoms with Gasteiger partial charge in [-0.15, -0.1) is 0 Å².